The van der Waals surface area contributed by atoms with Gasteiger partial charge >= 0.3 is 0 Å². The number of halogens is 2. The Morgan fingerprint density at radius 1 is 1.45 bits per heavy atom. The number of aryl methyl sites for hydroxylation is 1. The second-order valence-corrected chi connectivity index (χ2v) is 5.52. The van der Waals surface area contributed by atoms with E-state index in [0.717, 1.165) is 18.7 Å². The van der Waals surface area contributed by atoms with Gasteiger partial charge in [-0.3, -0.25) is 4.79 Å². The van der Waals surface area contributed by atoms with Gasteiger partial charge in [0, 0.05) is 36.8 Å². The maximum absolute atomic E-state index is 12.5. The van der Waals surface area contributed by atoms with Crippen LogP contribution in [0.15, 0.2) is 18.2 Å². The average molecular weight is 318 g/mol. The molecule has 1 aromatic carbocycles. The van der Waals surface area contributed by atoms with Crippen molar-refractivity contribution >= 4 is 29.9 Å². The summed E-state index contributed by atoms with van der Waals surface area (Å²) >= 11 is 6.09. The summed E-state index contributed by atoms with van der Waals surface area (Å²) in [5.74, 6) is 0.0189. The van der Waals surface area contributed by atoms with Gasteiger partial charge in [0.25, 0.3) is 5.91 Å². The summed E-state index contributed by atoms with van der Waals surface area (Å²) < 4.78 is 0. The predicted octanol–water partition coefficient (Wildman–Crippen LogP) is 1.79. The van der Waals surface area contributed by atoms with Crippen molar-refractivity contribution in [2.75, 3.05) is 33.2 Å². The fourth-order valence-electron chi connectivity index (χ4n) is 2.37. The smallest absolute Gasteiger partial charge is 0.254 e. The van der Waals surface area contributed by atoms with Crippen LogP contribution in [0.2, 0.25) is 5.02 Å². The summed E-state index contributed by atoms with van der Waals surface area (Å²) in [4.78, 5) is 16.6. The standard InChI is InChI=1S/C14H20ClN3O.ClH/c1-10-3-4-11(7-13(10)15)14(19)18-6-5-17(2)9-12(18)8-16;/h3-4,7,12H,5-6,8-9,16H2,1-2H3;1H. The van der Waals surface area contributed by atoms with E-state index in [0.29, 0.717) is 23.7 Å². The molecule has 1 amide bonds. The minimum atomic E-state index is 0. The van der Waals surface area contributed by atoms with Crippen molar-refractivity contribution in [3.05, 3.63) is 34.3 Å². The number of nitrogens with two attached hydrogens (primary N) is 1. The van der Waals surface area contributed by atoms with Crippen LogP contribution >= 0.6 is 24.0 Å². The highest BCUT2D eigenvalue weighted by Crippen LogP contribution is 2.19. The van der Waals surface area contributed by atoms with Gasteiger partial charge in [0.05, 0.1) is 6.04 Å². The summed E-state index contributed by atoms with van der Waals surface area (Å²) in [6, 6.07) is 5.52. The van der Waals surface area contributed by atoms with Gasteiger partial charge in [-0.05, 0) is 31.7 Å². The first-order valence-electron chi connectivity index (χ1n) is 6.48. The van der Waals surface area contributed by atoms with Crippen molar-refractivity contribution in [1.29, 1.82) is 0 Å². The molecule has 1 unspecified atom stereocenters. The monoisotopic (exact) mass is 317 g/mol. The van der Waals surface area contributed by atoms with Crippen LogP contribution in [0.5, 0.6) is 0 Å². The molecule has 1 atom stereocenters. The number of benzene rings is 1. The van der Waals surface area contributed by atoms with Crippen LogP contribution < -0.4 is 5.73 Å². The SMILES string of the molecule is Cc1ccc(C(=O)N2CCN(C)CC2CN)cc1Cl.Cl. The Morgan fingerprint density at radius 2 is 2.15 bits per heavy atom. The summed E-state index contributed by atoms with van der Waals surface area (Å²) in [5.41, 5.74) is 7.40. The summed E-state index contributed by atoms with van der Waals surface area (Å²) in [6.07, 6.45) is 0. The molecule has 20 heavy (non-hydrogen) atoms. The fraction of sp³-hybridized carbons (Fsp3) is 0.500. The van der Waals surface area contributed by atoms with Crippen LogP contribution in [0.3, 0.4) is 0 Å². The third kappa shape index (κ3) is 3.64. The van der Waals surface area contributed by atoms with Crippen LogP contribution in [-0.4, -0.2) is 55.0 Å². The van der Waals surface area contributed by atoms with E-state index < -0.39 is 0 Å². The van der Waals surface area contributed by atoms with E-state index >= 15 is 0 Å². The third-order valence-electron chi connectivity index (χ3n) is 3.64. The van der Waals surface area contributed by atoms with Gasteiger partial charge < -0.3 is 15.5 Å². The van der Waals surface area contributed by atoms with Crippen LogP contribution in [-0.2, 0) is 0 Å². The second kappa shape index (κ2) is 7.27. The quantitative estimate of drug-likeness (QED) is 0.904. The van der Waals surface area contributed by atoms with Crippen molar-refractivity contribution in [3.63, 3.8) is 0 Å². The van der Waals surface area contributed by atoms with E-state index in [9.17, 15) is 4.79 Å². The molecule has 2 N–H and O–H groups in total. The van der Waals surface area contributed by atoms with Gasteiger partial charge in [0.1, 0.15) is 0 Å². The molecular formula is C14H21Cl2N3O. The fourth-order valence-corrected chi connectivity index (χ4v) is 2.55. The Morgan fingerprint density at radius 3 is 2.75 bits per heavy atom. The van der Waals surface area contributed by atoms with Crippen LogP contribution in [0.4, 0.5) is 0 Å². The van der Waals surface area contributed by atoms with E-state index in [2.05, 4.69) is 4.90 Å². The number of carbonyl (C=O) groups is 1. The lowest BCUT2D eigenvalue weighted by molar-refractivity contribution is 0.0516. The van der Waals surface area contributed by atoms with Gasteiger partial charge in [-0.2, -0.15) is 0 Å². The Hall–Kier alpha value is -0.810. The molecule has 1 saturated heterocycles. The number of hydrogen-bond acceptors (Lipinski definition) is 3. The Kier molecular flexibility index (Phi) is 6.27. The van der Waals surface area contributed by atoms with Gasteiger partial charge in [-0.1, -0.05) is 17.7 Å². The van der Waals surface area contributed by atoms with Crippen LogP contribution in [0.1, 0.15) is 15.9 Å². The molecule has 1 aromatic rings. The highest BCUT2D eigenvalue weighted by Gasteiger charge is 2.28. The minimum absolute atomic E-state index is 0. The minimum Gasteiger partial charge on any atom is -0.332 e. The molecule has 1 aliphatic rings. The second-order valence-electron chi connectivity index (χ2n) is 5.11. The van der Waals surface area contributed by atoms with Crippen molar-refractivity contribution in [2.24, 2.45) is 5.73 Å². The Bertz CT molecular complexity index is 481. The van der Waals surface area contributed by atoms with E-state index in [-0.39, 0.29) is 24.4 Å². The summed E-state index contributed by atoms with van der Waals surface area (Å²) in [7, 11) is 2.05. The largest absolute Gasteiger partial charge is 0.332 e. The molecule has 6 heteroatoms. The third-order valence-corrected chi connectivity index (χ3v) is 4.04. The number of piperazine rings is 1. The molecular weight excluding hydrogens is 297 g/mol. The zero-order valence-corrected chi connectivity index (χ0v) is 13.4. The number of amides is 1. The first-order chi connectivity index (χ1) is 9.02. The van der Waals surface area contributed by atoms with E-state index in [1.807, 2.05) is 31.0 Å². The van der Waals surface area contributed by atoms with Gasteiger partial charge in [-0.15, -0.1) is 12.4 Å². The van der Waals surface area contributed by atoms with Gasteiger partial charge in [-0.25, -0.2) is 0 Å². The number of carbonyl (C=O) groups excluding carboxylic acids is 1. The predicted molar refractivity (Wildman–Crippen MR) is 84.8 cm³/mol. The molecule has 1 heterocycles. The number of likely N-dealkylation sites (N-methyl/N-ethyl adjacent to an activating group) is 1. The zero-order valence-electron chi connectivity index (χ0n) is 11.8. The molecule has 1 fully saturated rings. The topological polar surface area (TPSA) is 49.6 Å². The zero-order chi connectivity index (χ0) is 14.0. The van der Waals surface area contributed by atoms with Crippen LogP contribution in [0.25, 0.3) is 0 Å². The summed E-state index contributed by atoms with van der Waals surface area (Å²) in [5, 5.41) is 0.629. The lowest BCUT2D eigenvalue weighted by Gasteiger charge is -2.39. The van der Waals surface area contributed by atoms with E-state index in [1.165, 1.54) is 0 Å². The Labute approximate surface area is 131 Å². The van der Waals surface area contributed by atoms with Gasteiger partial charge in [0.15, 0.2) is 0 Å². The van der Waals surface area contributed by atoms with Crippen molar-refractivity contribution in [1.82, 2.24) is 9.80 Å². The van der Waals surface area contributed by atoms with Crippen molar-refractivity contribution in [3.8, 4) is 0 Å². The first kappa shape index (κ1) is 17.2. The maximum atomic E-state index is 12.5. The number of nitrogens with zero attached hydrogens (tertiary/aromatic N) is 2. The molecule has 0 bridgehead atoms. The molecule has 1 aliphatic heterocycles. The van der Waals surface area contributed by atoms with E-state index in [1.54, 1.807) is 6.07 Å². The highest BCUT2D eigenvalue weighted by atomic mass is 35.5. The molecule has 0 radical (unpaired) electrons. The molecule has 2 rings (SSSR count). The highest BCUT2D eigenvalue weighted by molar-refractivity contribution is 6.31. The molecule has 0 aromatic heterocycles. The lowest BCUT2D eigenvalue weighted by Crippen LogP contribution is -2.56. The molecule has 0 saturated carbocycles. The van der Waals surface area contributed by atoms with E-state index in [4.69, 9.17) is 17.3 Å². The summed E-state index contributed by atoms with van der Waals surface area (Å²) in [6.45, 7) is 4.82. The molecule has 0 aliphatic carbocycles. The molecule has 112 valence electrons. The van der Waals surface area contributed by atoms with Crippen molar-refractivity contribution in [2.45, 2.75) is 13.0 Å². The normalized spacial score (nSPS) is 19.6. The Balaban J connectivity index is 0.00000200. The molecule has 0 spiro atoms. The molecule has 4 nitrogen and oxygen atoms in total. The number of rotatable bonds is 2. The van der Waals surface area contributed by atoms with Crippen molar-refractivity contribution < 1.29 is 4.79 Å². The maximum Gasteiger partial charge on any atom is 0.254 e. The lowest BCUT2D eigenvalue weighted by atomic mass is 10.1. The number of hydrogen-bond donors (Lipinski definition) is 1. The first-order valence-corrected chi connectivity index (χ1v) is 6.86. The average Bonchev–Trinajstić information content (AvgIpc) is 2.41. The van der Waals surface area contributed by atoms with Gasteiger partial charge in [0.2, 0.25) is 0 Å². The van der Waals surface area contributed by atoms with Crippen LogP contribution in [0, 0.1) is 6.92 Å².